The lowest BCUT2D eigenvalue weighted by atomic mass is 10.1. The molecule has 1 aromatic heterocycles. The molecule has 0 bridgehead atoms. The summed E-state index contributed by atoms with van der Waals surface area (Å²) in [6.07, 6.45) is 0.494. The van der Waals surface area contributed by atoms with Crippen LogP contribution in [-0.2, 0) is 11.2 Å². The molecule has 0 atom stereocenters. The average molecular weight is 351 g/mol. The highest BCUT2D eigenvalue weighted by Gasteiger charge is 2.18. The Morgan fingerprint density at radius 3 is 2.71 bits per heavy atom. The molecule has 0 radical (unpaired) electrons. The molecule has 0 saturated carbocycles. The second-order valence-corrected chi connectivity index (χ2v) is 6.52. The number of carbonyl (C=O) groups excluding carboxylic acids is 1. The van der Waals surface area contributed by atoms with Crippen LogP contribution in [0.25, 0.3) is 0 Å². The van der Waals surface area contributed by atoms with Crippen LogP contribution in [0.4, 0.5) is 0 Å². The van der Waals surface area contributed by atoms with E-state index in [0.29, 0.717) is 36.3 Å². The van der Waals surface area contributed by atoms with Crippen LogP contribution < -0.4 is 4.74 Å². The van der Waals surface area contributed by atoms with Gasteiger partial charge in [-0.3, -0.25) is 0 Å². The van der Waals surface area contributed by atoms with Crippen molar-refractivity contribution >= 4 is 17.6 Å². The molecule has 0 aliphatic rings. The van der Waals surface area contributed by atoms with Gasteiger partial charge in [-0.15, -0.1) is 0 Å². The third kappa shape index (κ3) is 4.78. The number of aryl methyl sites for hydroxylation is 1. The summed E-state index contributed by atoms with van der Waals surface area (Å²) in [6.45, 7) is 8.72. The fourth-order valence-corrected chi connectivity index (χ4v) is 2.50. The average Bonchev–Trinajstić information content (AvgIpc) is 2.87. The molecule has 0 fully saturated rings. The van der Waals surface area contributed by atoms with Crippen LogP contribution in [-0.4, -0.2) is 19.2 Å². The molecule has 0 aliphatic carbocycles. The summed E-state index contributed by atoms with van der Waals surface area (Å²) in [5.41, 5.74) is 1.68. The number of benzene rings is 1. The van der Waals surface area contributed by atoms with Crippen molar-refractivity contribution in [2.24, 2.45) is 5.92 Å². The Balaban J connectivity index is 2.22. The summed E-state index contributed by atoms with van der Waals surface area (Å²) in [7, 11) is 0. The number of hydrogen-bond donors (Lipinski definition) is 0. The summed E-state index contributed by atoms with van der Waals surface area (Å²) in [6, 6.07) is 7.37. The van der Waals surface area contributed by atoms with Crippen molar-refractivity contribution in [3.8, 4) is 5.75 Å². The molecule has 2 rings (SSSR count). The monoisotopic (exact) mass is 350 g/mol. The van der Waals surface area contributed by atoms with E-state index in [1.54, 1.807) is 13.0 Å². The molecule has 1 aromatic carbocycles. The van der Waals surface area contributed by atoms with E-state index in [1.807, 2.05) is 25.1 Å². The highest BCUT2D eigenvalue weighted by Crippen LogP contribution is 2.27. The zero-order chi connectivity index (χ0) is 17.7. The molecular weight excluding hydrogens is 328 g/mol. The summed E-state index contributed by atoms with van der Waals surface area (Å²) < 4.78 is 16.5. The van der Waals surface area contributed by atoms with Crippen molar-refractivity contribution < 1.29 is 18.7 Å². The molecule has 0 spiro atoms. The maximum absolute atomic E-state index is 11.9. The quantitative estimate of drug-likeness (QED) is 0.656. The zero-order valence-corrected chi connectivity index (χ0v) is 15.3. The lowest BCUT2D eigenvalue weighted by Gasteiger charge is -2.13. The number of ether oxygens (including phenoxy) is 2. The molecule has 0 N–H and O–H groups in total. The lowest BCUT2D eigenvalue weighted by molar-refractivity contribution is 0.0487. The van der Waals surface area contributed by atoms with Crippen molar-refractivity contribution in [3.05, 3.63) is 51.9 Å². The van der Waals surface area contributed by atoms with Gasteiger partial charge < -0.3 is 13.9 Å². The smallest absolute Gasteiger partial charge is 0.374 e. The highest BCUT2D eigenvalue weighted by atomic mass is 35.5. The first-order valence-electron chi connectivity index (χ1n) is 8.08. The number of hydrogen-bond acceptors (Lipinski definition) is 4. The molecule has 0 unspecified atom stereocenters. The Morgan fingerprint density at radius 1 is 1.29 bits per heavy atom. The highest BCUT2D eigenvalue weighted by molar-refractivity contribution is 6.30. The van der Waals surface area contributed by atoms with E-state index >= 15 is 0 Å². The van der Waals surface area contributed by atoms with Gasteiger partial charge in [0.15, 0.2) is 0 Å². The minimum Gasteiger partial charge on any atom is -0.493 e. The van der Waals surface area contributed by atoms with Crippen LogP contribution in [0.3, 0.4) is 0 Å². The first-order valence-corrected chi connectivity index (χ1v) is 8.46. The number of esters is 1. The van der Waals surface area contributed by atoms with Crippen LogP contribution in [0, 0.1) is 12.8 Å². The van der Waals surface area contributed by atoms with Gasteiger partial charge in [0.1, 0.15) is 11.5 Å². The molecule has 4 nitrogen and oxygen atoms in total. The summed E-state index contributed by atoms with van der Waals surface area (Å²) in [5, 5.41) is 0.635. The SMILES string of the molecule is CCOC(=O)c1oc(Cc2cc(Cl)ccc2OCC(C)C)cc1C. The minimum absolute atomic E-state index is 0.249. The van der Waals surface area contributed by atoms with Crippen molar-refractivity contribution in [1.82, 2.24) is 0 Å². The van der Waals surface area contributed by atoms with Crippen molar-refractivity contribution in [2.45, 2.75) is 34.1 Å². The molecule has 0 aliphatic heterocycles. The third-order valence-corrected chi connectivity index (χ3v) is 3.62. The molecule has 0 amide bonds. The molecule has 24 heavy (non-hydrogen) atoms. The number of halogens is 1. The summed E-state index contributed by atoms with van der Waals surface area (Å²) >= 11 is 6.11. The maximum atomic E-state index is 11.9. The van der Waals surface area contributed by atoms with Gasteiger partial charge in [0, 0.05) is 22.6 Å². The molecular formula is C19H23ClO4. The van der Waals surface area contributed by atoms with Gasteiger partial charge in [-0.25, -0.2) is 4.79 Å². The number of furan rings is 1. The van der Waals surface area contributed by atoms with E-state index < -0.39 is 5.97 Å². The minimum atomic E-state index is -0.441. The van der Waals surface area contributed by atoms with Gasteiger partial charge in [-0.1, -0.05) is 25.4 Å². The van der Waals surface area contributed by atoms with E-state index in [2.05, 4.69) is 13.8 Å². The molecule has 2 aromatic rings. The third-order valence-electron chi connectivity index (χ3n) is 3.39. The van der Waals surface area contributed by atoms with E-state index in [0.717, 1.165) is 16.9 Å². The normalized spacial score (nSPS) is 10.9. The summed E-state index contributed by atoms with van der Waals surface area (Å²) in [5.74, 6) is 1.68. The first kappa shape index (κ1) is 18.4. The van der Waals surface area contributed by atoms with Crippen LogP contribution in [0.15, 0.2) is 28.7 Å². The van der Waals surface area contributed by atoms with Crippen molar-refractivity contribution in [1.29, 1.82) is 0 Å². The Morgan fingerprint density at radius 2 is 2.04 bits per heavy atom. The van der Waals surface area contributed by atoms with Crippen LogP contribution in [0.1, 0.15) is 48.2 Å². The van der Waals surface area contributed by atoms with E-state index in [1.165, 1.54) is 0 Å². The first-order chi connectivity index (χ1) is 11.4. The van der Waals surface area contributed by atoms with Gasteiger partial charge in [0.2, 0.25) is 5.76 Å². The van der Waals surface area contributed by atoms with E-state index in [9.17, 15) is 4.79 Å². The Labute approximate surface area is 147 Å². The fourth-order valence-electron chi connectivity index (χ4n) is 2.31. The van der Waals surface area contributed by atoms with Gasteiger partial charge in [-0.2, -0.15) is 0 Å². The number of carbonyl (C=O) groups is 1. The zero-order valence-electron chi connectivity index (χ0n) is 14.5. The van der Waals surface area contributed by atoms with Crippen LogP contribution in [0.2, 0.25) is 5.02 Å². The van der Waals surface area contributed by atoms with Crippen LogP contribution in [0.5, 0.6) is 5.75 Å². The van der Waals surface area contributed by atoms with Crippen LogP contribution >= 0.6 is 11.6 Å². The van der Waals surface area contributed by atoms with E-state index in [-0.39, 0.29) is 5.76 Å². The molecule has 0 saturated heterocycles. The molecule has 1 heterocycles. The Hall–Kier alpha value is -1.94. The van der Waals surface area contributed by atoms with Gasteiger partial charge in [0.25, 0.3) is 0 Å². The second kappa shape index (κ2) is 8.25. The molecule has 130 valence electrons. The Kier molecular flexibility index (Phi) is 6.32. The van der Waals surface area contributed by atoms with Gasteiger partial charge >= 0.3 is 5.97 Å². The standard InChI is InChI=1S/C19H23ClO4/c1-5-22-19(21)18-13(4)8-16(24-18)10-14-9-15(20)6-7-17(14)23-11-12(2)3/h6-9,12H,5,10-11H2,1-4H3. The Bertz CT molecular complexity index is 703. The second-order valence-electron chi connectivity index (χ2n) is 6.08. The molecule has 5 heteroatoms. The number of rotatable bonds is 7. The lowest BCUT2D eigenvalue weighted by Crippen LogP contribution is -2.06. The van der Waals surface area contributed by atoms with Crippen molar-refractivity contribution in [2.75, 3.05) is 13.2 Å². The largest absolute Gasteiger partial charge is 0.493 e. The predicted octanol–water partition coefficient (Wildman–Crippen LogP) is 5.04. The fraction of sp³-hybridized carbons (Fsp3) is 0.421. The maximum Gasteiger partial charge on any atom is 0.374 e. The summed E-state index contributed by atoms with van der Waals surface area (Å²) in [4.78, 5) is 11.9. The van der Waals surface area contributed by atoms with Gasteiger partial charge in [-0.05, 0) is 44.0 Å². The van der Waals surface area contributed by atoms with E-state index in [4.69, 9.17) is 25.5 Å². The predicted molar refractivity (Wildman–Crippen MR) is 94.0 cm³/mol. The topological polar surface area (TPSA) is 48.7 Å². The van der Waals surface area contributed by atoms with Crippen molar-refractivity contribution in [3.63, 3.8) is 0 Å². The van der Waals surface area contributed by atoms with Gasteiger partial charge in [0.05, 0.1) is 13.2 Å².